The number of fused-ring (bicyclic) bond motifs is 1. The van der Waals surface area contributed by atoms with Crippen molar-refractivity contribution in [2.45, 2.75) is 44.8 Å². The standard InChI is InChI=1S/C24H27N5O4S3/c1-25-36(31,32)33-13-16-2-3-19(8-16)28-24-20(10-26-15-27-24)23(30)22-9-17(14-35-22)11-29-6-4-21-18(12-29)5-7-34-21/h5,7,9-10,14-16,19H,1-4,6,8,11-13H2,(H,26,27,28)/t16-,19?/m1/s1. The van der Waals surface area contributed by atoms with Gasteiger partial charge in [-0.05, 0) is 65.6 Å². The molecule has 3 aromatic heterocycles. The van der Waals surface area contributed by atoms with Crippen LogP contribution in [0.25, 0.3) is 0 Å². The molecule has 12 heteroatoms. The van der Waals surface area contributed by atoms with Crippen molar-refractivity contribution in [1.29, 1.82) is 0 Å². The zero-order valence-electron chi connectivity index (χ0n) is 19.6. The summed E-state index contributed by atoms with van der Waals surface area (Å²) in [5.74, 6) is 0.465. The molecular formula is C24H27N5O4S3. The Labute approximate surface area is 218 Å². The molecule has 1 aliphatic carbocycles. The predicted octanol–water partition coefficient (Wildman–Crippen LogP) is 3.93. The Kier molecular flexibility index (Phi) is 7.58. The van der Waals surface area contributed by atoms with Gasteiger partial charge in [-0.25, -0.2) is 9.97 Å². The first-order valence-electron chi connectivity index (χ1n) is 11.7. The molecule has 9 nitrogen and oxygen atoms in total. The smallest absolute Gasteiger partial charge is 0.367 e. The van der Waals surface area contributed by atoms with Crippen LogP contribution in [-0.2, 0) is 34.0 Å². The summed E-state index contributed by atoms with van der Waals surface area (Å²) >= 11 is 3.28. The summed E-state index contributed by atoms with van der Waals surface area (Å²) in [6.45, 7) is 5.87. The highest BCUT2D eigenvalue weighted by Gasteiger charge is 2.28. The van der Waals surface area contributed by atoms with E-state index in [1.165, 1.54) is 28.1 Å². The Morgan fingerprint density at radius 1 is 1.33 bits per heavy atom. The third-order valence-electron chi connectivity index (χ3n) is 6.62. The van der Waals surface area contributed by atoms with Gasteiger partial charge in [0.15, 0.2) is 0 Å². The topological polar surface area (TPSA) is 114 Å². The number of nitrogens with one attached hydrogen (secondary N) is 1. The van der Waals surface area contributed by atoms with Gasteiger partial charge in [0.05, 0.1) is 17.0 Å². The third kappa shape index (κ3) is 5.89. The van der Waals surface area contributed by atoms with Crippen LogP contribution in [0.1, 0.15) is 50.5 Å². The van der Waals surface area contributed by atoms with E-state index in [9.17, 15) is 13.2 Å². The zero-order valence-corrected chi connectivity index (χ0v) is 22.1. The van der Waals surface area contributed by atoms with E-state index in [-0.39, 0.29) is 24.3 Å². The number of hydrogen-bond donors (Lipinski definition) is 1. The average Bonchev–Trinajstić information content (AvgIpc) is 3.64. The largest absolute Gasteiger partial charge is 0.380 e. The van der Waals surface area contributed by atoms with Gasteiger partial charge in [-0.2, -0.15) is 12.8 Å². The molecule has 36 heavy (non-hydrogen) atoms. The van der Waals surface area contributed by atoms with Crippen LogP contribution in [0, 0.1) is 5.92 Å². The van der Waals surface area contributed by atoms with Gasteiger partial charge in [0.2, 0.25) is 5.78 Å². The Bertz CT molecular complexity index is 1350. The van der Waals surface area contributed by atoms with Gasteiger partial charge in [-0.15, -0.1) is 22.7 Å². The molecule has 4 heterocycles. The number of nitrogens with zero attached hydrogens (tertiary/aromatic N) is 4. The van der Waals surface area contributed by atoms with Crippen LogP contribution in [0.15, 0.2) is 39.8 Å². The minimum absolute atomic E-state index is 0.0550. The first-order chi connectivity index (χ1) is 17.4. The van der Waals surface area contributed by atoms with E-state index >= 15 is 0 Å². The molecule has 1 unspecified atom stereocenters. The number of carbonyl (C=O) groups is 1. The van der Waals surface area contributed by atoms with E-state index in [1.54, 1.807) is 6.20 Å². The minimum atomic E-state index is -3.92. The average molecular weight is 546 g/mol. The summed E-state index contributed by atoms with van der Waals surface area (Å²) in [6, 6.07) is 4.24. The summed E-state index contributed by atoms with van der Waals surface area (Å²) < 4.78 is 30.7. The van der Waals surface area contributed by atoms with Crippen molar-refractivity contribution in [1.82, 2.24) is 14.9 Å². The molecule has 0 saturated heterocycles. The molecule has 0 aromatic carbocycles. The van der Waals surface area contributed by atoms with E-state index in [2.05, 4.69) is 48.1 Å². The van der Waals surface area contributed by atoms with Crippen LogP contribution in [0.5, 0.6) is 0 Å². The second-order valence-corrected chi connectivity index (χ2v) is 12.4. The van der Waals surface area contributed by atoms with Crippen molar-refractivity contribution in [2.24, 2.45) is 10.3 Å². The molecule has 0 bridgehead atoms. The van der Waals surface area contributed by atoms with Crippen LogP contribution in [0.4, 0.5) is 5.82 Å². The summed E-state index contributed by atoms with van der Waals surface area (Å²) in [5.41, 5.74) is 2.98. The number of thiophene rings is 2. The van der Waals surface area contributed by atoms with Gasteiger partial charge in [0.25, 0.3) is 0 Å². The Hall–Kier alpha value is -2.51. The van der Waals surface area contributed by atoms with Gasteiger partial charge in [-0.3, -0.25) is 13.9 Å². The minimum Gasteiger partial charge on any atom is -0.367 e. The van der Waals surface area contributed by atoms with E-state index in [1.807, 2.05) is 17.4 Å². The van der Waals surface area contributed by atoms with Crippen LogP contribution < -0.4 is 5.32 Å². The normalized spacial score (nSPS) is 20.2. The summed E-state index contributed by atoms with van der Waals surface area (Å²) in [7, 11) is -3.92. The van der Waals surface area contributed by atoms with E-state index in [0.717, 1.165) is 44.5 Å². The lowest BCUT2D eigenvalue weighted by atomic mass is 10.1. The number of ketones is 1. The Morgan fingerprint density at radius 2 is 2.22 bits per heavy atom. The maximum atomic E-state index is 13.4. The van der Waals surface area contributed by atoms with Crippen molar-refractivity contribution in [2.75, 3.05) is 18.5 Å². The molecule has 0 radical (unpaired) electrons. The number of aromatic nitrogens is 2. The van der Waals surface area contributed by atoms with Gasteiger partial charge < -0.3 is 5.32 Å². The summed E-state index contributed by atoms with van der Waals surface area (Å²) in [5, 5.41) is 7.58. The van der Waals surface area contributed by atoms with Crippen LogP contribution >= 0.6 is 22.7 Å². The SMILES string of the molecule is C=NS(=O)(=O)OC[C@@H]1CCC(Nc2ncncc2C(=O)c2cc(CN3CCc4sccc4C3)cs2)C1. The zero-order chi connectivity index (χ0) is 25.1. The number of carbonyl (C=O) groups excluding carboxylic acids is 1. The first-order valence-corrected chi connectivity index (χ1v) is 14.9. The molecule has 1 N–H and O–H groups in total. The fourth-order valence-corrected chi connectivity index (χ4v) is 6.98. The lowest BCUT2D eigenvalue weighted by molar-refractivity contribution is 0.104. The molecule has 1 saturated carbocycles. The van der Waals surface area contributed by atoms with Gasteiger partial charge in [0, 0.05) is 43.5 Å². The van der Waals surface area contributed by atoms with Crippen LogP contribution in [-0.4, -0.2) is 55.0 Å². The van der Waals surface area contributed by atoms with Gasteiger partial charge in [-0.1, -0.05) is 0 Å². The number of anilines is 1. The third-order valence-corrected chi connectivity index (χ3v) is 9.37. The molecule has 3 aromatic rings. The number of hydrogen-bond acceptors (Lipinski definition) is 10. The van der Waals surface area contributed by atoms with E-state index in [0.29, 0.717) is 22.7 Å². The molecule has 2 aliphatic rings. The highest BCUT2D eigenvalue weighted by Crippen LogP contribution is 2.31. The highest BCUT2D eigenvalue weighted by atomic mass is 32.2. The molecule has 0 amide bonds. The molecule has 5 rings (SSSR count). The van der Waals surface area contributed by atoms with E-state index in [4.69, 9.17) is 4.18 Å². The first kappa shape index (κ1) is 25.2. The Balaban J connectivity index is 1.20. The lowest BCUT2D eigenvalue weighted by Gasteiger charge is -2.26. The monoisotopic (exact) mass is 545 g/mol. The second kappa shape index (κ2) is 10.9. The van der Waals surface area contributed by atoms with Crippen molar-refractivity contribution in [3.8, 4) is 0 Å². The molecular weight excluding hydrogens is 518 g/mol. The maximum absolute atomic E-state index is 13.4. The van der Waals surface area contributed by atoms with Crippen molar-refractivity contribution in [3.63, 3.8) is 0 Å². The van der Waals surface area contributed by atoms with Crippen LogP contribution in [0.2, 0.25) is 0 Å². The molecule has 2 atom stereocenters. The fraction of sp³-hybridized carbons (Fsp3) is 0.417. The summed E-state index contributed by atoms with van der Waals surface area (Å²) in [4.78, 5) is 26.3. The lowest BCUT2D eigenvalue weighted by Crippen LogP contribution is -2.28. The Morgan fingerprint density at radius 3 is 3.08 bits per heavy atom. The second-order valence-electron chi connectivity index (χ2n) is 9.12. The van der Waals surface area contributed by atoms with Crippen molar-refractivity contribution >= 4 is 51.3 Å². The van der Waals surface area contributed by atoms with Crippen LogP contribution in [0.3, 0.4) is 0 Å². The molecule has 0 spiro atoms. The van der Waals surface area contributed by atoms with Gasteiger partial charge in [0.1, 0.15) is 12.1 Å². The molecule has 190 valence electrons. The predicted molar refractivity (Wildman–Crippen MR) is 141 cm³/mol. The van der Waals surface area contributed by atoms with Gasteiger partial charge >= 0.3 is 10.3 Å². The van der Waals surface area contributed by atoms with Crippen molar-refractivity contribution in [3.05, 3.63) is 61.9 Å². The molecule has 1 aliphatic heterocycles. The highest BCUT2D eigenvalue weighted by molar-refractivity contribution is 7.85. The molecule has 1 fully saturated rings. The summed E-state index contributed by atoms with van der Waals surface area (Å²) in [6.07, 6.45) is 6.38. The fourth-order valence-electron chi connectivity index (χ4n) is 4.79. The number of rotatable bonds is 10. The quantitative estimate of drug-likeness (QED) is 0.301. The maximum Gasteiger partial charge on any atom is 0.380 e. The van der Waals surface area contributed by atoms with Crippen molar-refractivity contribution < 1.29 is 17.4 Å². The van der Waals surface area contributed by atoms with E-state index < -0.39 is 10.3 Å².